The third kappa shape index (κ3) is 6.38. The van der Waals surface area contributed by atoms with Crippen LogP contribution in [-0.4, -0.2) is 62.2 Å². The predicted molar refractivity (Wildman–Crippen MR) is 89.3 cm³/mol. The van der Waals surface area contributed by atoms with Gasteiger partial charge in [-0.05, 0) is 46.3 Å². The first-order valence-electron chi connectivity index (χ1n) is 8.42. The van der Waals surface area contributed by atoms with E-state index >= 15 is 0 Å². The Morgan fingerprint density at radius 3 is 2.75 bits per heavy atom. The Kier molecular flexibility index (Phi) is 9.16. The summed E-state index contributed by atoms with van der Waals surface area (Å²) in [4.78, 5) is 5.03. The molecule has 1 rings (SSSR count). The Bertz CT molecular complexity index is 255. The van der Waals surface area contributed by atoms with Crippen molar-refractivity contribution < 1.29 is 0 Å². The molecule has 0 aromatic carbocycles. The number of piperazine rings is 1. The number of nitrogens with zero attached hydrogens (tertiary/aromatic N) is 2. The monoisotopic (exact) mass is 281 g/mol. The van der Waals surface area contributed by atoms with Gasteiger partial charge in [0.15, 0.2) is 0 Å². The van der Waals surface area contributed by atoms with Gasteiger partial charge >= 0.3 is 0 Å². The Morgan fingerprint density at radius 1 is 1.25 bits per heavy atom. The van der Waals surface area contributed by atoms with E-state index in [1.54, 1.807) is 0 Å². The molecule has 0 aromatic heterocycles. The summed E-state index contributed by atoms with van der Waals surface area (Å²) in [5, 5.41) is 3.79. The van der Waals surface area contributed by atoms with Crippen LogP contribution in [0, 0.1) is 0 Å². The summed E-state index contributed by atoms with van der Waals surface area (Å²) in [5.74, 6) is 0. The van der Waals surface area contributed by atoms with E-state index in [1.165, 1.54) is 58.2 Å². The second-order valence-electron chi connectivity index (χ2n) is 6.30. The first kappa shape index (κ1) is 17.7. The van der Waals surface area contributed by atoms with E-state index in [9.17, 15) is 0 Å². The lowest BCUT2D eigenvalue weighted by atomic mass is 9.97. The number of allylic oxidation sites excluding steroid dienone is 1. The lowest BCUT2D eigenvalue weighted by Gasteiger charge is -2.42. The minimum Gasteiger partial charge on any atom is -0.312 e. The quantitative estimate of drug-likeness (QED) is 0.491. The largest absolute Gasteiger partial charge is 0.312 e. The maximum Gasteiger partial charge on any atom is 0.0373 e. The molecule has 1 N–H and O–H groups in total. The van der Waals surface area contributed by atoms with E-state index < -0.39 is 0 Å². The highest BCUT2D eigenvalue weighted by atomic mass is 15.3. The van der Waals surface area contributed by atoms with E-state index in [-0.39, 0.29) is 0 Å². The van der Waals surface area contributed by atoms with Crippen molar-refractivity contribution in [3.05, 3.63) is 12.7 Å². The zero-order valence-corrected chi connectivity index (χ0v) is 13.9. The normalized spacial score (nSPS) is 22.9. The summed E-state index contributed by atoms with van der Waals surface area (Å²) in [6.45, 7) is 10.8. The lowest BCUT2D eigenvalue weighted by molar-refractivity contribution is 0.0845. The van der Waals surface area contributed by atoms with Crippen molar-refractivity contribution in [1.82, 2.24) is 15.1 Å². The zero-order valence-electron chi connectivity index (χ0n) is 13.9. The van der Waals surface area contributed by atoms with E-state index in [2.05, 4.69) is 42.7 Å². The molecule has 1 fully saturated rings. The molecule has 118 valence electrons. The van der Waals surface area contributed by atoms with Crippen LogP contribution < -0.4 is 5.32 Å². The van der Waals surface area contributed by atoms with Crippen molar-refractivity contribution in [2.75, 3.05) is 40.3 Å². The van der Waals surface area contributed by atoms with Crippen LogP contribution in [0.5, 0.6) is 0 Å². The van der Waals surface area contributed by atoms with Crippen molar-refractivity contribution in [2.45, 2.75) is 57.5 Å². The summed E-state index contributed by atoms with van der Waals surface area (Å²) in [5.41, 5.74) is 0. The molecule has 0 radical (unpaired) electrons. The molecule has 2 atom stereocenters. The van der Waals surface area contributed by atoms with E-state index in [1.807, 2.05) is 6.08 Å². The molecule has 0 saturated carbocycles. The number of likely N-dealkylation sites (N-methyl/N-ethyl adjacent to an activating group) is 2. The van der Waals surface area contributed by atoms with Crippen molar-refractivity contribution in [2.24, 2.45) is 0 Å². The summed E-state index contributed by atoms with van der Waals surface area (Å²) < 4.78 is 0. The van der Waals surface area contributed by atoms with Gasteiger partial charge in [-0.1, -0.05) is 25.8 Å². The third-order valence-electron chi connectivity index (χ3n) is 4.44. The van der Waals surface area contributed by atoms with Crippen LogP contribution in [0.2, 0.25) is 0 Å². The van der Waals surface area contributed by atoms with E-state index in [4.69, 9.17) is 0 Å². The molecular weight excluding hydrogens is 246 g/mol. The average molecular weight is 281 g/mol. The van der Waals surface area contributed by atoms with Gasteiger partial charge in [0.25, 0.3) is 0 Å². The Labute approximate surface area is 126 Å². The van der Waals surface area contributed by atoms with Gasteiger partial charge in [-0.15, -0.1) is 6.58 Å². The third-order valence-corrected chi connectivity index (χ3v) is 4.44. The molecule has 0 aromatic rings. The van der Waals surface area contributed by atoms with Gasteiger partial charge in [-0.3, -0.25) is 4.90 Å². The molecule has 0 amide bonds. The van der Waals surface area contributed by atoms with Crippen LogP contribution in [0.25, 0.3) is 0 Å². The molecule has 2 unspecified atom stereocenters. The van der Waals surface area contributed by atoms with Crippen molar-refractivity contribution in [3.63, 3.8) is 0 Å². The fourth-order valence-corrected chi connectivity index (χ4v) is 3.07. The van der Waals surface area contributed by atoms with E-state index in [0.717, 1.165) is 6.54 Å². The van der Waals surface area contributed by atoms with Crippen LogP contribution in [0.1, 0.15) is 45.4 Å². The summed E-state index contributed by atoms with van der Waals surface area (Å²) in [6.07, 6.45) is 9.70. The molecule has 1 heterocycles. The topological polar surface area (TPSA) is 18.5 Å². The van der Waals surface area contributed by atoms with Crippen LogP contribution in [0.3, 0.4) is 0 Å². The predicted octanol–water partition coefficient (Wildman–Crippen LogP) is 2.74. The molecule has 20 heavy (non-hydrogen) atoms. The zero-order chi connectivity index (χ0) is 14.8. The molecule has 0 aliphatic carbocycles. The molecule has 3 heteroatoms. The van der Waals surface area contributed by atoms with Crippen LogP contribution >= 0.6 is 0 Å². The number of hydrogen-bond donors (Lipinski definition) is 1. The van der Waals surface area contributed by atoms with E-state index in [0.29, 0.717) is 12.1 Å². The van der Waals surface area contributed by atoms with Gasteiger partial charge in [-0.2, -0.15) is 0 Å². The molecule has 0 bridgehead atoms. The molecular formula is C17H35N3. The fraction of sp³-hybridized carbons (Fsp3) is 0.882. The van der Waals surface area contributed by atoms with Crippen LogP contribution in [-0.2, 0) is 0 Å². The highest BCUT2D eigenvalue weighted by molar-refractivity contribution is 4.88. The lowest BCUT2D eigenvalue weighted by Crippen LogP contribution is -2.58. The maximum atomic E-state index is 3.80. The molecule has 3 nitrogen and oxygen atoms in total. The van der Waals surface area contributed by atoms with Crippen LogP contribution in [0.15, 0.2) is 12.7 Å². The highest BCUT2D eigenvalue weighted by Gasteiger charge is 2.28. The fourth-order valence-electron chi connectivity index (χ4n) is 3.07. The first-order chi connectivity index (χ1) is 9.69. The van der Waals surface area contributed by atoms with Crippen LogP contribution in [0.4, 0.5) is 0 Å². The van der Waals surface area contributed by atoms with Crippen molar-refractivity contribution >= 4 is 0 Å². The van der Waals surface area contributed by atoms with Gasteiger partial charge in [-0.25, -0.2) is 0 Å². The summed E-state index contributed by atoms with van der Waals surface area (Å²) >= 11 is 0. The second kappa shape index (κ2) is 10.4. The minimum absolute atomic E-state index is 0.645. The van der Waals surface area contributed by atoms with Crippen molar-refractivity contribution in [1.29, 1.82) is 0 Å². The number of rotatable bonds is 10. The van der Waals surface area contributed by atoms with Crippen molar-refractivity contribution in [3.8, 4) is 0 Å². The van der Waals surface area contributed by atoms with Gasteiger partial charge in [0, 0.05) is 31.7 Å². The molecule has 1 aliphatic heterocycles. The first-order valence-corrected chi connectivity index (χ1v) is 8.42. The number of unbranched alkanes of at least 4 members (excludes halogenated alkanes) is 3. The number of hydrogen-bond acceptors (Lipinski definition) is 3. The van der Waals surface area contributed by atoms with Gasteiger partial charge in [0.2, 0.25) is 0 Å². The van der Waals surface area contributed by atoms with Gasteiger partial charge in [0.05, 0.1) is 0 Å². The Balaban J connectivity index is 2.42. The molecule has 1 saturated heterocycles. The molecule has 0 spiro atoms. The smallest absolute Gasteiger partial charge is 0.0373 e. The highest BCUT2D eigenvalue weighted by Crippen LogP contribution is 2.16. The number of nitrogens with one attached hydrogen (secondary N) is 1. The SMILES string of the molecule is C=CCCCCCC(NCCC)C1CN(C)CCN1C. The van der Waals surface area contributed by atoms with Gasteiger partial charge < -0.3 is 10.2 Å². The van der Waals surface area contributed by atoms with Gasteiger partial charge in [0.1, 0.15) is 0 Å². The average Bonchev–Trinajstić information content (AvgIpc) is 2.45. The minimum atomic E-state index is 0.645. The standard InChI is InChI=1S/C17H35N3/c1-5-7-8-9-10-11-16(18-12-6-2)17-15-19(3)13-14-20(17)4/h5,16-18H,1,6-15H2,2-4H3. The Hall–Kier alpha value is -0.380. The molecule has 1 aliphatic rings. The Morgan fingerprint density at radius 2 is 2.05 bits per heavy atom. The summed E-state index contributed by atoms with van der Waals surface area (Å²) in [7, 11) is 4.54. The maximum absolute atomic E-state index is 3.80. The second-order valence-corrected chi connectivity index (χ2v) is 6.30. The summed E-state index contributed by atoms with van der Waals surface area (Å²) in [6, 6.07) is 1.31.